The molecule has 1 rings (SSSR count). The predicted molar refractivity (Wildman–Crippen MR) is 154 cm³/mol. The molecule has 0 bridgehead atoms. The summed E-state index contributed by atoms with van der Waals surface area (Å²) in [6.45, 7) is 17.3. The molecule has 0 heterocycles. The van der Waals surface area contributed by atoms with E-state index in [2.05, 4.69) is 78.5 Å². The summed E-state index contributed by atoms with van der Waals surface area (Å²) >= 11 is 0. The number of carbonyl (C=O) groups is 1. The molecule has 1 aliphatic carbocycles. The van der Waals surface area contributed by atoms with Crippen molar-refractivity contribution < 1.29 is 9.90 Å². The van der Waals surface area contributed by atoms with Crippen molar-refractivity contribution in [2.24, 2.45) is 11.8 Å². The second-order valence-corrected chi connectivity index (χ2v) is 11.2. The molecule has 1 aliphatic rings. The van der Waals surface area contributed by atoms with Crippen LogP contribution in [-0.2, 0) is 4.79 Å². The first-order valence-electron chi connectivity index (χ1n) is 13.7. The van der Waals surface area contributed by atoms with Gasteiger partial charge in [0, 0.05) is 0 Å². The van der Waals surface area contributed by atoms with Crippen molar-refractivity contribution in [3.63, 3.8) is 0 Å². The Balaban J connectivity index is 2.51. The van der Waals surface area contributed by atoms with Gasteiger partial charge in [0.15, 0.2) is 0 Å². The van der Waals surface area contributed by atoms with Gasteiger partial charge in [-0.05, 0) is 125 Å². The van der Waals surface area contributed by atoms with Gasteiger partial charge in [0.05, 0.1) is 5.92 Å². The lowest BCUT2D eigenvalue weighted by Crippen LogP contribution is -2.22. The van der Waals surface area contributed by atoms with Gasteiger partial charge in [-0.25, -0.2) is 0 Å². The minimum absolute atomic E-state index is 0.234. The third-order valence-electron chi connectivity index (χ3n) is 6.92. The van der Waals surface area contributed by atoms with Gasteiger partial charge in [0.2, 0.25) is 0 Å². The number of carboxylic acids is 1. The van der Waals surface area contributed by atoms with Crippen LogP contribution in [0.15, 0.2) is 70.4 Å². The number of hydrogen-bond acceptors (Lipinski definition) is 1. The second kappa shape index (κ2) is 17.4. The Kier molecular flexibility index (Phi) is 15.3. The standard InChI is InChI=1S/C33H52O2/c1-25(2)12-8-14-27(5)16-10-17-29(7)20-21-31-22-30(23-32(24-31)33(34)35)19-11-18-28(6)15-9-13-26(3)4/h12-13,16,18,22,31-32H,7-11,14-15,17,19-21,23-24H2,1-6H3,(H,34,35)/b27-16+,28-18+/t31-,32-/m0/s1. The maximum absolute atomic E-state index is 11.8. The Morgan fingerprint density at radius 1 is 0.857 bits per heavy atom. The Bertz CT molecular complexity index is 823. The first kappa shape index (κ1) is 30.9. The van der Waals surface area contributed by atoms with Gasteiger partial charge in [-0.2, -0.15) is 0 Å². The van der Waals surface area contributed by atoms with Crippen molar-refractivity contribution in [3.8, 4) is 0 Å². The van der Waals surface area contributed by atoms with Crippen LogP contribution in [0.4, 0.5) is 0 Å². The first-order valence-corrected chi connectivity index (χ1v) is 13.7. The average Bonchev–Trinajstić information content (AvgIpc) is 2.77. The maximum atomic E-state index is 11.8. The molecule has 1 N–H and O–H groups in total. The zero-order chi connectivity index (χ0) is 26.2. The van der Waals surface area contributed by atoms with E-state index < -0.39 is 5.97 Å². The van der Waals surface area contributed by atoms with Crippen LogP contribution in [0.5, 0.6) is 0 Å². The third-order valence-corrected chi connectivity index (χ3v) is 6.92. The molecule has 0 fully saturated rings. The molecule has 0 unspecified atom stereocenters. The zero-order valence-corrected chi connectivity index (χ0v) is 23.6. The fourth-order valence-corrected chi connectivity index (χ4v) is 4.73. The van der Waals surface area contributed by atoms with E-state index in [1.54, 1.807) is 0 Å². The maximum Gasteiger partial charge on any atom is 0.306 e. The van der Waals surface area contributed by atoms with E-state index in [1.807, 2.05) is 0 Å². The van der Waals surface area contributed by atoms with Crippen molar-refractivity contribution in [2.75, 3.05) is 0 Å². The second-order valence-electron chi connectivity index (χ2n) is 11.2. The Morgan fingerprint density at radius 2 is 1.40 bits per heavy atom. The summed E-state index contributed by atoms with van der Waals surface area (Å²) in [5.41, 5.74) is 8.28. The summed E-state index contributed by atoms with van der Waals surface area (Å²) in [4.78, 5) is 11.8. The van der Waals surface area contributed by atoms with E-state index in [-0.39, 0.29) is 5.92 Å². The van der Waals surface area contributed by atoms with Crippen molar-refractivity contribution in [1.82, 2.24) is 0 Å². The van der Waals surface area contributed by atoms with Gasteiger partial charge in [-0.3, -0.25) is 4.79 Å². The van der Waals surface area contributed by atoms with Gasteiger partial charge in [-0.15, -0.1) is 0 Å². The van der Waals surface area contributed by atoms with E-state index in [4.69, 9.17) is 0 Å². The van der Waals surface area contributed by atoms with Gasteiger partial charge in [0.25, 0.3) is 0 Å². The third kappa shape index (κ3) is 15.5. The smallest absolute Gasteiger partial charge is 0.306 e. The fourth-order valence-electron chi connectivity index (χ4n) is 4.73. The van der Waals surface area contributed by atoms with E-state index in [9.17, 15) is 9.90 Å². The van der Waals surface area contributed by atoms with E-state index in [0.29, 0.717) is 12.3 Å². The summed E-state index contributed by atoms with van der Waals surface area (Å²) in [6, 6.07) is 0. The molecule has 35 heavy (non-hydrogen) atoms. The highest BCUT2D eigenvalue weighted by molar-refractivity contribution is 5.70. The summed E-state index contributed by atoms with van der Waals surface area (Å²) in [7, 11) is 0. The Morgan fingerprint density at radius 3 is 1.94 bits per heavy atom. The van der Waals surface area contributed by atoms with Crippen LogP contribution < -0.4 is 0 Å². The molecular weight excluding hydrogens is 428 g/mol. The molecule has 0 aromatic heterocycles. The molecule has 0 saturated carbocycles. The van der Waals surface area contributed by atoms with Crippen LogP contribution in [0.3, 0.4) is 0 Å². The molecule has 0 aromatic carbocycles. The number of carboxylic acid groups (broad SMARTS) is 1. The lowest BCUT2D eigenvalue weighted by atomic mass is 9.78. The lowest BCUT2D eigenvalue weighted by molar-refractivity contribution is -0.142. The summed E-state index contributed by atoms with van der Waals surface area (Å²) in [5, 5.41) is 9.69. The molecular formula is C33H52O2. The lowest BCUT2D eigenvalue weighted by Gasteiger charge is -2.26. The molecule has 0 spiro atoms. The molecule has 0 aromatic rings. The SMILES string of the molecule is C=C(CC/C=C(\C)CCC=C(C)C)CC[C@H]1C=C(CC/C=C(\C)CCC=C(C)C)C[C@H](C(=O)O)C1. The zero-order valence-electron chi connectivity index (χ0n) is 23.6. The van der Waals surface area contributed by atoms with Gasteiger partial charge >= 0.3 is 5.97 Å². The van der Waals surface area contributed by atoms with Gasteiger partial charge in [0.1, 0.15) is 0 Å². The highest BCUT2D eigenvalue weighted by Crippen LogP contribution is 2.34. The fraction of sp³-hybridized carbons (Fsp3) is 0.606. The first-order chi connectivity index (χ1) is 16.6. The van der Waals surface area contributed by atoms with Crippen LogP contribution in [0.2, 0.25) is 0 Å². The van der Waals surface area contributed by atoms with Gasteiger partial charge in [-0.1, -0.05) is 70.4 Å². The molecule has 2 nitrogen and oxygen atoms in total. The Labute approximate surface area is 216 Å². The average molecular weight is 481 g/mol. The normalized spacial score (nSPS) is 18.6. The minimum atomic E-state index is -0.637. The van der Waals surface area contributed by atoms with Crippen molar-refractivity contribution in [2.45, 2.75) is 119 Å². The number of aliphatic carboxylic acids is 1. The number of allylic oxidation sites excluding steroid dienone is 11. The molecule has 196 valence electrons. The van der Waals surface area contributed by atoms with Crippen LogP contribution >= 0.6 is 0 Å². The van der Waals surface area contributed by atoms with Crippen molar-refractivity contribution in [1.29, 1.82) is 0 Å². The van der Waals surface area contributed by atoms with E-state index >= 15 is 0 Å². The molecule has 0 radical (unpaired) electrons. The van der Waals surface area contributed by atoms with Crippen LogP contribution in [0.25, 0.3) is 0 Å². The number of hydrogen-bond donors (Lipinski definition) is 1. The van der Waals surface area contributed by atoms with E-state index in [1.165, 1.54) is 33.4 Å². The summed E-state index contributed by atoms with van der Waals surface area (Å²) in [5.74, 6) is -0.510. The molecule has 2 heteroatoms. The van der Waals surface area contributed by atoms with Crippen LogP contribution in [0, 0.1) is 11.8 Å². The van der Waals surface area contributed by atoms with Crippen molar-refractivity contribution in [3.05, 3.63) is 70.4 Å². The molecule has 0 saturated heterocycles. The highest BCUT2D eigenvalue weighted by atomic mass is 16.4. The van der Waals surface area contributed by atoms with Crippen LogP contribution in [0.1, 0.15) is 119 Å². The Hall–Kier alpha value is -2.09. The number of rotatable bonds is 16. The summed E-state index contributed by atoms with van der Waals surface area (Å²) in [6.07, 6.45) is 23.7. The summed E-state index contributed by atoms with van der Waals surface area (Å²) < 4.78 is 0. The highest BCUT2D eigenvalue weighted by Gasteiger charge is 2.27. The topological polar surface area (TPSA) is 37.3 Å². The minimum Gasteiger partial charge on any atom is -0.481 e. The molecule has 2 atom stereocenters. The quantitative estimate of drug-likeness (QED) is 0.223. The van der Waals surface area contributed by atoms with E-state index in [0.717, 1.165) is 70.6 Å². The van der Waals surface area contributed by atoms with Crippen LogP contribution in [-0.4, -0.2) is 11.1 Å². The van der Waals surface area contributed by atoms with Crippen molar-refractivity contribution >= 4 is 5.97 Å². The van der Waals surface area contributed by atoms with Gasteiger partial charge < -0.3 is 5.11 Å². The molecule has 0 amide bonds. The molecule has 0 aliphatic heterocycles. The predicted octanol–water partition coefficient (Wildman–Crippen LogP) is 10.3. The monoisotopic (exact) mass is 480 g/mol. The largest absolute Gasteiger partial charge is 0.481 e.